The fourth-order valence-electron chi connectivity index (χ4n) is 3.91. The molecule has 26 heavy (non-hydrogen) atoms. The Hall–Kier alpha value is -0.790. The maximum absolute atomic E-state index is 2.49. The lowest BCUT2D eigenvalue weighted by Crippen LogP contribution is -2.37. The molecule has 0 unspecified atom stereocenters. The van der Waals surface area contributed by atoms with Gasteiger partial charge in [-0.3, -0.25) is 0 Å². The van der Waals surface area contributed by atoms with Crippen LogP contribution in [0.3, 0.4) is 0 Å². The third-order valence-electron chi connectivity index (χ3n) is 5.69. The lowest BCUT2D eigenvalue weighted by atomic mass is 10.0. The Morgan fingerprint density at radius 2 is 1.15 bits per heavy atom. The molecule has 0 radical (unpaired) electrons. The molecule has 0 saturated heterocycles. The van der Waals surface area contributed by atoms with Crippen LogP contribution in [0.1, 0.15) is 123 Å². The summed E-state index contributed by atoms with van der Waals surface area (Å²) in [4.78, 5) is 0. The molecule has 0 aromatic carbocycles. The molecule has 1 aromatic rings. The molecule has 0 spiro atoms. The Balaban J connectivity index is 2.01. The van der Waals surface area contributed by atoms with Crippen LogP contribution in [0.4, 0.5) is 0 Å². The summed E-state index contributed by atoms with van der Waals surface area (Å²) in [5.41, 5.74) is 0. The highest BCUT2D eigenvalue weighted by Crippen LogP contribution is 2.13. The van der Waals surface area contributed by atoms with E-state index in [0.717, 1.165) is 6.54 Å². The van der Waals surface area contributed by atoms with Crippen molar-refractivity contribution >= 4 is 0 Å². The summed E-state index contributed by atoms with van der Waals surface area (Å²) < 4.78 is 4.93. The van der Waals surface area contributed by atoms with Crippen molar-refractivity contribution in [2.45, 2.75) is 137 Å². The number of imidazole rings is 1. The van der Waals surface area contributed by atoms with Gasteiger partial charge < -0.3 is 0 Å². The smallest absolute Gasteiger partial charge is 0.235 e. The second-order valence-electron chi connectivity index (χ2n) is 8.04. The van der Waals surface area contributed by atoms with Gasteiger partial charge in [0.15, 0.2) is 0 Å². The van der Waals surface area contributed by atoms with Crippen molar-refractivity contribution in [2.24, 2.45) is 0 Å². The third kappa shape index (κ3) is 10.4. The normalized spacial score (nSPS) is 11.3. The van der Waals surface area contributed by atoms with Crippen molar-refractivity contribution < 1.29 is 4.57 Å². The molecule has 0 aliphatic heterocycles. The van der Waals surface area contributed by atoms with Gasteiger partial charge in [0.05, 0.1) is 13.1 Å². The molecule has 1 rings (SSSR count). The van der Waals surface area contributed by atoms with Crippen LogP contribution in [0.2, 0.25) is 0 Å². The minimum absolute atomic E-state index is 1.10. The number of rotatable bonds is 18. The van der Waals surface area contributed by atoms with Gasteiger partial charge in [-0.25, -0.2) is 9.13 Å². The summed E-state index contributed by atoms with van der Waals surface area (Å²) in [6.07, 6.45) is 27.1. The molecular weight excluding hydrogens is 316 g/mol. The first-order chi connectivity index (χ1) is 12.8. The Labute approximate surface area is 164 Å². The van der Waals surface area contributed by atoms with Gasteiger partial charge in [0.25, 0.3) is 5.82 Å². The topological polar surface area (TPSA) is 8.81 Å². The molecule has 0 N–H and O–H groups in total. The SMILES string of the molecule is CCCCCCCCCCCCCCCc1n(CC)cc[n+]1CCCC. The van der Waals surface area contributed by atoms with Gasteiger partial charge in [0.2, 0.25) is 0 Å². The van der Waals surface area contributed by atoms with Crippen molar-refractivity contribution in [3.05, 3.63) is 18.2 Å². The summed E-state index contributed by atoms with van der Waals surface area (Å²) in [6, 6.07) is 0. The molecule has 0 atom stereocenters. The van der Waals surface area contributed by atoms with E-state index in [1.807, 2.05) is 0 Å². The zero-order valence-electron chi connectivity index (χ0n) is 18.3. The van der Waals surface area contributed by atoms with Crippen LogP contribution in [0.25, 0.3) is 0 Å². The van der Waals surface area contributed by atoms with Crippen LogP contribution in [0, 0.1) is 0 Å². The first kappa shape index (κ1) is 23.2. The Kier molecular flexibility index (Phi) is 14.7. The average molecular weight is 364 g/mol. The molecule has 1 aromatic heterocycles. The van der Waals surface area contributed by atoms with Crippen LogP contribution in [0.15, 0.2) is 12.4 Å². The summed E-state index contributed by atoms with van der Waals surface area (Å²) in [7, 11) is 0. The highest BCUT2D eigenvalue weighted by molar-refractivity contribution is 4.83. The monoisotopic (exact) mass is 363 g/mol. The van der Waals surface area contributed by atoms with Crippen LogP contribution < -0.4 is 4.57 Å². The number of hydrogen-bond acceptors (Lipinski definition) is 0. The highest BCUT2D eigenvalue weighted by Gasteiger charge is 2.14. The number of aryl methyl sites for hydroxylation is 2. The molecule has 0 aliphatic rings. The second-order valence-corrected chi connectivity index (χ2v) is 8.04. The standard InChI is InChI=1S/C24H47N2/c1-4-7-9-10-11-12-13-14-15-16-17-18-19-20-24-25(6-3)22-23-26(24)21-8-5-2/h22-23H,4-21H2,1-3H3/q+1. The van der Waals surface area contributed by atoms with Crippen LogP contribution in [-0.2, 0) is 19.5 Å². The largest absolute Gasteiger partial charge is 0.256 e. The van der Waals surface area contributed by atoms with Crippen molar-refractivity contribution in [1.29, 1.82) is 0 Å². The van der Waals surface area contributed by atoms with Crippen molar-refractivity contribution in [1.82, 2.24) is 4.57 Å². The quantitative estimate of drug-likeness (QED) is 0.192. The fourth-order valence-corrected chi connectivity index (χ4v) is 3.91. The number of aromatic nitrogens is 2. The first-order valence-corrected chi connectivity index (χ1v) is 11.9. The van der Waals surface area contributed by atoms with E-state index in [1.165, 1.54) is 109 Å². The summed E-state index contributed by atoms with van der Waals surface area (Å²) in [5, 5.41) is 0. The van der Waals surface area contributed by atoms with Crippen LogP contribution >= 0.6 is 0 Å². The zero-order chi connectivity index (χ0) is 18.9. The average Bonchev–Trinajstić information content (AvgIpc) is 3.05. The van der Waals surface area contributed by atoms with E-state index >= 15 is 0 Å². The van der Waals surface area contributed by atoms with Gasteiger partial charge in [-0.15, -0.1) is 0 Å². The van der Waals surface area contributed by atoms with E-state index in [1.54, 1.807) is 5.82 Å². The molecule has 2 nitrogen and oxygen atoms in total. The molecular formula is C24H47N2+. The first-order valence-electron chi connectivity index (χ1n) is 11.9. The van der Waals surface area contributed by atoms with E-state index in [0.29, 0.717) is 0 Å². The fraction of sp³-hybridized carbons (Fsp3) is 0.875. The van der Waals surface area contributed by atoms with E-state index in [9.17, 15) is 0 Å². The number of unbranched alkanes of at least 4 members (excludes halogenated alkanes) is 13. The maximum Gasteiger partial charge on any atom is 0.256 e. The van der Waals surface area contributed by atoms with Crippen molar-refractivity contribution in [3.63, 3.8) is 0 Å². The van der Waals surface area contributed by atoms with E-state index < -0.39 is 0 Å². The van der Waals surface area contributed by atoms with Gasteiger partial charge in [-0.2, -0.15) is 0 Å². The Morgan fingerprint density at radius 3 is 1.65 bits per heavy atom. The molecule has 2 heteroatoms. The second kappa shape index (κ2) is 16.4. The van der Waals surface area contributed by atoms with E-state index in [4.69, 9.17) is 0 Å². The van der Waals surface area contributed by atoms with Crippen LogP contribution in [-0.4, -0.2) is 4.57 Å². The molecule has 0 aliphatic carbocycles. The molecule has 0 fully saturated rings. The minimum Gasteiger partial charge on any atom is -0.235 e. The Morgan fingerprint density at radius 1 is 0.654 bits per heavy atom. The zero-order valence-corrected chi connectivity index (χ0v) is 18.3. The molecule has 0 saturated carbocycles. The van der Waals surface area contributed by atoms with E-state index in [2.05, 4.69) is 42.3 Å². The third-order valence-corrected chi connectivity index (χ3v) is 5.69. The Bertz CT molecular complexity index is 422. The predicted molar refractivity (Wildman–Crippen MR) is 115 cm³/mol. The molecule has 152 valence electrons. The summed E-state index contributed by atoms with van der Waals surface area (Å²) in [6.45, 7) is 9.14. The van der Waals surface area contributed by atoms with Gasteiger partial charge in [-0.05, 0) is 19.8 Å². The molecule has 0 amide bonds. The van der Waals surface area contributed by atoms with Gasteiger partial charge in [0.1, 0.15) is 12.4 Å². The van der Waals surface area contributed by atoms with Gasteiger partial charge in [0, 0.05) is 6.42 Å². The van der Waals surface area contributed by atoms with Crippen molar-refractivity contribution in [3.8, 4) is 0 Å². The van der Waals surface area contributed by atoms with Crippen molar-refractivity contribution in [2.75, 3.05) is 0 Å². The lowest BCUT2D eigenvalue weighted by Gasteiger charge is -2.05. The van der Waals surface area contributed by atoms with E-state index in [-0.39, 0.29) is 0 Å². The summed E-state index contributed by atoms with van der Waals surface area (Å²) >= 11 is 0. The lowest BCUT2D eigenvalue weighted by molar-refractivity contribution is -0.704. The minimum atomic E-state index is 1.10. The highest BCUT2D eigenvalue weighted by atomic mass is 15.1. The van der Waals surface area contributed by atoms with Gasteiger partial charge >= 0.3 is 0 Å². The number of hydrogen-bond donors (Lipinski definition) is 0. The molecule has 1 heterocycles. The van der Waals surface area contributed by atoms with Crippen LogP contribution in [0.5, 0.6) is 0 Å². The summed E-state index contributed by atoms with van der Waals surface area (Å²) in [5.74, 6) is 1.55. The van der Waals surface area contributed by atoms with Gasteiger partial charge in [-0.1, -0.05) is 97.3 Å². The maximum atomic E-state index is 2.49. The molecule has 0 bridgehead atoms. The number of nitrogens with zero attached hydrogens (tertiary/aromatic N) is 2. The predicted octanol–water partition coefficient (Wildman–Crippen LogP) is 7.23.